The summed E-state index contributed by atoms with van der Waals surface area (Å²) in [6, 6.07) is 0. The largest absolute Gasteiger partial charge is 0.325 e. The molecule has 0 aliphatic heterocycles. The standard InChI is InChI=1S/C11H23N/c1-5-9(4)10(6-2)8-11(10,12)7-3/h9H,5-8,12H2,1-4H3. The molecule has 1 fully saturated rings. The zero-order valence-electron chi connectivity index (χ0n) is 8.98. The smallest absolute Gasteiger partial charge is 0.0218 e. The van der Waals surface area contributed by atoms with Crippen molar-refractivity contribution in [2.24, 2.45) is 17.1 Å². The molecule has 0 aromatic rings. The summed E-state index contributed by atoms with van der Waals surface area (Å²) < 4.78 is 0. The van der Waals surface area contributed by atoms with Crippen LogP contribution in [-0.4, -0.2) is 5.54 Å². The van der Waals surface area contributed by atoms with Crippen LogP contribution in [0.25, 0.3) is 0 Å². The minimum Gasteiger partial charge on any atom is -0.325 e. The van der Waals surface area contributed by atoms with Gasteiger partial charge >= 0.3 is 0 Å². The Morgan fingerprint density at radius 1 is 1.25 bits per heavy atom. The van der Waals surface area contributed by atoms with Gasteiger partial charge in [0.15, 0.2) is 0 Å². The van der Waals surface area contributed by atoms with E-state index in [2.05, 4.69) is 27.7 Å². The molecular formula is C11H23N. The number of hydrogen-bond acceptors (Lipinski definition) is 1. The zero-order chi connectivity index (χ0) is 9.41. The van der Waals surface area contributed by atoms with Crippen LogP contribution in [0.5, 0.6) is 0 Å². The highest BCUT2D eigenvalue weighted by molar-refractivity contribution is 5.19. The van der Waals surface area contributed by atoms with Gasteiger partial charge in [-0.2, -0.15) is 0 Å². The van der Waals surface area contributed by atoms with Crippen LogP contribution in [0.1, 0.15) is 53.4 Å². The van der Waals surface area contributed by atoms with Gasteiger partial charge in [-0.1, -0.05) is 34.1 Å². The molecule has 3 unspecified atom stereocenters. The maximum absolute atomic E-state index is 6.31. The van der Waals surface area contributed by atoms with Gasteiger partial charge in [-0.05, 0) is 30.6 Å². The third-order valence-electron chi connectivity index (χ3n) is 4.31. The van der Waals surface area contributed by atoms with Crippen LogP contribution in [0.15, 0.2) is 0 Å². The minimum absolute atomic E-state index is 0.178. The summed E-state index contributed by atoms with van der Waals surface area (Å²) in [7, 11) is 0. The first kappa shape index (κ1) is 10.0. The van der Waals surface area contributed by atoms with E-state index in [1.165, 1.54) is 19.3 Å². The van der Waals surface area contributed by atoms with Crippen molar-refractivity contribution in [1.29, 1.82) is 0 Å². The third-order valence-corrected chi connectivity index (χ3v) is 4.31. The molecule has 2 N–H and O–H groups in total. The number of nitrogens with two attached hydrogens (primary N) is 1. The zero-order valence-corrected chi connectivity index (χ0v) is 8.98. The van der Waals surface area contributed by atoms with E-state index >= 15 is 0 Å². The fraction of sp³-hybridized carbons (Fsp3) is 1.00. The van der Waals surface area contributed by atoms with Crippen LogP contribution in [-0.2, 0) is 0 Å². The van der Waals surface area contributed by atoms with Gasteiger partial charge < -0.3 is 5.73 Å². The van der Waals surface area contributed by atoms with Crippen molar-refractivity contribution in [3.8, 4) is 0 Å². The van der Waals surface area contributed by atoms with Crippen LogP contribution in [0.4, 0.5) is 0 Å². The Hall–Kier alpha value is -0.0400. The van der Waals surface area contributed by atoms with Gasteiger partial charge in [-0.25, -0.2) is 0 Å². The van der Waals surface area contributed by atoms with Crippen molar-refractivity contribution < 1.29 is 0 Å². The summed E-state index contributed by atoms with van der Waals surface area (Å²) in [5, 5.41) is 0. The first-order valence-electron chi connectivity index (χ1n) is 5.35. The van der Waals surface area contributed by atoms with Crippen LogP contribution in [0.2, 0.25) is 0 Å². The molecule has 1 aliphatic carbocycles. The fourth-order valence-electron chi connectivity index (χ4n) is 2.88. The van der Waals surface area contributed by atoms with Crippen molar-refractivity contribution in [3.05, 3.63) is 0 Å². The third kappa shape index (κ3) is 1.10. The Labute approximate surface area is 76.7 Å². The van der Waals surface area contributed by atoms with E-state index in [4.69, 9.17) is 5.73 Å². The van der Waals surface area contributed by atoms with E-state index in [9.17, 15) is 0 Å². The Balaban J connectivity index is 2.70. The second-order valence-corrected chi connectivity index (χ2v) is 4.51. The van der Waals surface area contributed by atoms with Gasteiger partial charge in [-0.3, -0.25) is 0 Å². The summed E-state index contributed by atoms with van der Waals surface area (Å²) in [5.41, 5.74) is 6.97. The average molecular weight is 169 g/mol. The van der Waals surface area contributed by atoms with Gasteiger partial charge in [0.2, 0.25) is 0 Å². The quantitative estimate of drug-likeness (QED) is 0.688. The van der Waals surface area contributed by atoms with Crippen LogP contribution in [0.3, 0.4) is 0 Å². The highest BCUT2D eigenvalue weighted by atomic mass is 14.9. The second-order valence-electron chi connectivity index (χ2n) is 4.51. The monoisotopic (exact) mass is 169 g/mol. The van der Waals surface area contributed by atoms with Crippen LogP contribution >= 0.6 is 0 Å². The first-order chi connectivity index (χ1) is 5.56. The lowest BCUT2D eigenvalue weighted by Crippen LogP contribution is -2.33. The second kappa shape index (κ2) is 3.02. The average Bonchev–Trinajstić information content (AvgIpc) is 2.73. The highest BCUT2D eigenvalue weighted by Crippen LogP contribution is 2.63. The molecule has 1 aliphatic rings. The van der Waals surface area contributed by atoms with E-state index in [1.54, 1.807) is 0 Å². The van der Waals surface area contributed by atoms with E-state index in [-0.39, 0.29) is 5.54 Å². The van der Waals surface area contributed by atoms with Crippen molar-refractivity contribution in [3.63, 3.8) is 0 Å². The molecule has 1 heteroatoms. The number of hydrogen-bond donors (Lipinski definition) is 1. The lowest BCUT2D eigenvalue weighted by molar-refractivity contribution is 0.261. The Morgan fingerprint density at radius 2 is 1.83 bits per heavy atom. The van der Waals surface area contributed by atoms with E-state index in [1.807, 2.05) is 0 Å². The first-order valence-corrected chi connectivity index (χ1v) is 5.35. The van der Waals surface area contributed by atoms with E-state index in [0.29, 0.717) is 5.41 Å². The number of rotatable bonds is 4. The molecule has 1 nitrogen and oxygen atoms in total. The molecule has 72 valence electrons. The molecular weight excluding hydrogens is 146 g/mol. The molecule has 0 aromatic carbocycles. The summed E-state index contributed by atoms with van der Waals surface area (Å²) in [4.78, 5) is 0. The lowest BCUT2D eigenvalue weighted by atomic mass is 9.81. The molecule has 0 aromatic heterocycles. The van der Waals surface area contributed by atoms with Crippen molar-refractivity contribution in [2.45, 2.75) is 58.9 Å². The Bertz CT molecular complexity index is 166. The van der Waals surface area contributed by atoms with Crippen molar-refractivity contribution in [2.75, 3.05) is 0 Å². The fourth-order valence-corrected chi connectivity index (χ4v) is 2.88. The lowest BCUT2D eigenvalue weighted by Gasteiger charge is -2.26. The van der Waals surface area contributed by atoms with Gasteiger partial charge in [0.1, 0.15) is 0 Å². The van der Waals surface area contributed by atoms with Gasteiger partial charge in [-0.15, -0.1) is 0 Å². The molecule has 0 saturated heterocycles. The maximum Gasteiger partial charge on any atom is 0.0218 e. The predicted molar refractivity (Wildman–Crippen MR) is 54.0 cm³/mol. The molecule has 0 radical (unpaired) electrons. The molecule has 3 atom stereocenters. The summed E-state index contributed by atoms with van der Waals surface area (Å²) >= 11 is 0. The van der Waals surface area contributed by atoms with Crippen LogP contribution < -0.4 is 5.73 Å². The summed E-state index contributed by atoms with van der Waals surface area (Å²) in [6.45, 7) is 9.14. The molecule has 0 spiro atoms. The van der Waals surface area contributed by atoms with E-state index < -0.39 is 0 Å². The Kier molecular flexibility index (Phi) is 2.53. The summed E-state index contributed by atoms with van der Waals surface area (Å²) in [5.74, 6) is 0.799. The van der Waals surface area contributed by atoms with Crippen molar-refractivity contribution >= 4 is 0 Å². The molecule has 0 amide bonds. The molecule has 1 rings (SSSR count). The normalized spacial score (nSPS) is 42.8. The van der Waals surface area contributed by atoms with Crippen LogP contribution in [0, 0.1) is 11.3 Å². The van der Waals surface area contributed by atoms with Gasteiger partial charge in [0.25, 0.3) is 0 Å². The molecule has 12 heavy (non-hydrogen) atoms. The van der Waals surface area contributed by atoms with Crippen molar-refractivity contribution in [1.82, 2.24) is 0 Å². The molecule has 0 heterocycles. The minimum atomic E-state index is 0.178. The predicted octanol–water partition coefficient (Wildman–Crippen LogP) is 2.94. The highest BCUT2D eigenvalue weighted by Gasteiger charge is 2.64. The topological polar surface area (TPSA) is 26.0 Å². The molecule has 1 saturated carbocycles. The van der Waals surface area contributed by atoms with Gasteiger partial charge in [0, 0.05) is 5.54 Å². The van der Waals surface area contributed by atoms with Gasteiger partial charge in [0.05, 0.1) is 0 Å². The Morgan fingerprint density at radius 3 is 2.08 bits per heavy atom. The summed E-state index contributed by atoms with van der Waals surface area (Å²) in [6.07, 6.45) is 4.92. The molecule has 0 bridgehead atoms. The maximum atomic E-state index is 6.31. The van der Waals surface area contributed by atoms with E-state index in [0.717, 1.165) is 12.3 Å². The SMILES string of the molecule is CCC(C)C1(CC)CC1(N)CC.